The number of nitrogens with zero attached hydrogens (tertiary/aromatic N) is 3. The smallest absolute Gasteiger partial charge is 0.409 e. The summed E-state index contributed by atoms with van der Waals surface area (Å²) in [5, 5.41) is 0. The summed E-state index contributed by atoms with van der Waals surface area (Å²) in [7, 11) is 0. The number of furan rings is 1. The van der Waals surface area contributed by atoms with Gasteiger partial charge in [-0.15, -0.1) is 0 Å². The Morgan fingerprint density at radius 2 is 1.96 bits per heavy atom. The van der Waals surface area contributed by atoms with E-state index in [1.54, 1.807) is 40.0 Å². The molecule has 1 atom stereocenters. The van der Waals surface area contributed by atoms with Gasteiger partial charge in [-0.25, -0.2) is 4.79 Å². The van der Waals surface area contributed by atoms with Crippen LogP contribution in [0.15, 0.2) is 22.8 Å². The van der Waals surface area contributed by atoms with E-state index in [-0.39, 0.29) is 17.9 Å². The van der Waals surface area contributed by atoms with Crippen LogP contribution in [0.5, 0.6) is 0 Å². The molecular formula is C17H23N3O5. The van der Waals surface area contributed by atoms with Gasteiger partial charge in [-0.2, -0.15) is 0 Å². The molecule has 0 radical (unpaired) electrons. The average molecular weight is 349 g/mol. The third kappa shape index (κ3) is 3.78. The second kappa shape index (κ2) is 7.58. The predicted molar refractivity (Wildman–Crippen MR) is 87.5 cm³/mol. The van der Waals surface area contributed by atoms with Crippen LogP contribution in [0.25, 0.3) is 0 Å². The van der Waals surface area contributed by atoms with Crippen LogP contribution in [0.4, 0.5) is 4.79 Å². The second-order valence-corrected chi connectivity index (χ2v) is 6.17. The standard InChI is InChI=1S/C17H23N3O5/c1-2-24-17(23)19-9-7-18(8-10-19)16(22)14-5-6-15(21)20(14)12-13-4-3-11-25-13/h3-4,11,14H,2,5-10,12H2,1H3. The van der Waals surface area contributed by atoms with Crippen LogP contribution in [-0.2, 0) is 20.9 Å². The Morgan fingerprint density at radius 1 is 1.24 bits per heavy atom. The van der Waals surface area contributed by atoms with Gasteiger partial charge in [-0.3, -0.25) is 9.59 Å². The van der Waals surface area contributed by atoms with Gasteiger partial charge < -0.3 is 23.9 Å². The number of hydrogen-bond acceptors (Lipinski definition) is 5. The lowest BCUT2D eigenvalue weighted by Gasteiger charge is -2.36. The largest absolute Gasteiger partial charge is 0.467 e. The minimum atomic E-state index is -0.452. The van der Waals surface area contributed by atoms with E-state index >= 15 is 0 Å². The fourth-order valence-electron chi connectivity index (χ4n) is 3.29. The molecule has 0 aromatic carbocycles. The van der Waals surface area contributed by atoms with Crippen molar-refractivity contribution < 1.29 is 23.5 Å². The van der Waals surface area contributed by atoms with Crippen LogP contribution in [0, 0.1) is 0 Å². The van der Waals surface area contributed by atoms with Crippen LogP contribution >= 0.6 is 0 Å². The van der Waals surface area contributed by atoms with Crippen molar-refractivity contribution in [2.45, 2.75) is 32.4 Å². The number of carbonyl (C=O) groups is 3. The molecule has 1 unspecified atom stereocenters. The highest BCUT2D eigenvalue weighted by Crippen LogP contribution is 2.24. The zero-order chi connectivity index (χ0) is 17.8. The number of rotatable bonds is 4. The van der Waals surface area contributed by atoms with E-state index < -0.39 is 6.04 Å². The van der Waals surface area contributed by atoms with Crippen LogP contribution in [0.3, 0.4) is 0 Å². The number of likely N-dealkylation sites (tertiary alicyclic amines) is 1. The molecule has 1 aromatic rings. The molecular weight excluding hydrogens is 326 g/mol. The molecule has 0 spiro atoms. The second-order valence-electron chi connectivity index (χ2n) is 6.17. The number of ether oxygens (including phenoxy) is 1. The maximum absolute atomic E-state index is 12.9. The molecule has 0 aliphatic carbocycles. The molecule has 2 saturated heterocycles. The van der Waals surface area contributed by atoms with Gasteiger partial charge in [-0.1, -0.05) is 0 Å². The molecule has 3 rings (SSSR count). The van der Waals surface area contributed by atoms with E-state index in [1.165, 1.54) is 0 Å². The van der Waals surface area contributed by atoms with Gasteiger partial charge in [0, 0.05) is 32.6 Å². The summed E-state index contributed by atoms with van der Waals surface area (Å²) in [4.78, 5) is 41.7. The maximum Gasteiger partial charge on any atom is 0.409 e. The first kappa shape index (κ1) is 17.3. The lowest BCUT2D eigenvalue weighted by atomic mass is 10.1. The molecule has 136 valence electrons. The molecule has 2 fully saturated rings. The lowest BCUT2D eigenvalue weighted by molar-refractivity contribution is -0.143. The van der Waals surface area contributed by atoms with Crippen molar-refractivity contribution in [2.75, 3.05) is 32.8 Å². The molecule has 3 amide bonds. The Bertz CT molecular complexity index is 622. The SMILES string of the molecule is CCOC(=O)N1CCN(C(=O)C2CCC(=O)N2Cc2ccco2)CC1. The van der Waals surface area contributed by atoms with Gasteiger partial charge in [0.2, 0.25) is 11.8 Å². The number of hydrogen-bond donors (Lipinski definition) is 0. The third-order valence-electron chi connectivity index (χ3n) is 4.64. The van der Waals surface area contributed by atoms with Gasteiger partial charge >= 0.3 is 6.09 Å². The third-order valence-corrected chi connectivity index (χ3v) is 4.64. The van der Waals surface area contributed by atoms with Crippen molar-refractivity contribution in [2.24, 2.45) is 0 Å². The molecule has 0 bridgehead atoms. The van der Waals surface area contributed by atoms with Gasteiger partial charge in [-0.05, 0) is 25.5 Å². The first-order valence-electron chi connectivity index (χ1n) is 8.62. The molecule has 8 nitrogen and oxygen atoms in total. The first-order valence-corrected chi connectivity index (χ1v) is 8.62. The van der Waals surface area contributed by atoms with Crippen LogP contribution in [0.1, 0.15) is 25.5 Å². The summed E-state index contributed by atoms with van der Waals surface area (Å²) in [5.74, 6) is 0.584. The van der Waals surface area contributed by atoms with E-state index in [0.29, 0.717) is 57.9 Å². The zero-order valence-electron chi connectivity index (χ0n) is 14.3. The summed E-state index contributed by atoms with van der Waals surface area (Å²) >= 11 is 0. The molecule has 3 heterocycles. The Labute approximate surface area is 146 Å². The Hall–Kier alpha value is -2.51. The normalized spacial score (nSPS) is 20.9. The van der Waals surface area contributed by atoms with Crippen molar-refractivity contribution in [1.29, 1.82) is 0 Å². The van der Waals surface area contributed by atoms with E-state index in [4.69, 9.17) is 9.15 Å². The first-order chi connectivity index (χ1) is 12.1. The molecule has 0 saturated carbocycles. The van der Waals surface area contributed by atoms with Gasteiger partial charge in [0.05, 0.1) is 19.4 Å². The molecule has 1 aromatic heterocycles. The maximum atomic E-state index is 12.9. The van der Waals surface area contributed by atoms with Gasteiger partial charge in [0.1, 0.15) is 11.8 Å². The molecule has 8 heteroatoms. The molecule has 2 aliphatic heterocycles. The number of amides is 3. The Morgan fingerprint density at radius 3 is 2.60 bits per heavy atom. The summed E-state index contributed by atoms with van der Waals surface area (Å²) in [5.41, 5.74) is 0. The fraction of sp³-hybridized carbons (Fsp3) is 0.588. The predicted octanol–water partition coefficient (Wildman–Crippen LogP) is 1.07. The van der Waals surface area contributed by atoms with Crippen LogP contribution in [0.2, 0.25) is 0 Å². The Kier molecular flexibility index (Phi) is 5.25. The van der Waals surface area contributed by atoms with Gasteiger partial charge in [0.15, 0.2) is 0 Å². The molecule has 25 heavy (non-hydrogen) atoms. The molecule has 0 N–H and O–H groups in total. The van der Waals surface area contributed by atoms with E-state index in [1.807, 2.05) is 0 Å². The number of carbonyl (C=O) groups excluding carboxylic acids is 3. The summed E-state index contributed by atoms with van der Waals surface area (Å²) in [6.07, 6.45) is 2.11. The summed E-state index contributed by atoms with van der Waals surface area (Å²) < 4.78 is 10.3. The number of piperazine rings is 1. The van der Waals surface area contributed by atoms with Gasteiger partial charge in [0.25, 0.3) is 0 Å². The quantitative estimate of drug-likeness (QED) is 0.812. The molecule has 2 aliphatic rings. The average Bonchev–Trinajstić information content (AvgIpc) is 3.26. The van der Waals surface area contributed by atoms with E-state index in [0.717, 1.165) is 0 Å². The minimum absolute atomic E-state index is 0.0279. The fourth-order valence-corrected chi connectivity index (χ4v) is 3.29. The summed E-state index contributed by atoms with van der Waals surface area (Å²) in [6.45, 7) is 4.22. The minimum Gasteiger partial charge on any atom is -0.467 e. The highest BCUT2D eigenvalue weighted by Gasteiger charge is 2.39. The van der Waals surface area contributed by atoms with Crippen LogP contribution < -0.4 is 0 Å². The van der Waals surface area contributed by atoms with Crippen molar-refractivity contribution in [3.8, 4) is 0 Å². The summed E-state index contributed by atoms with van der Waals surface area (Å²) in [6, 6.07) is 3.11. The highest BCUT2D eigenvalue weighted by atomic mass is 16.6. The van der Waals surface area contributed by atoms with Crippen molar-refractivity contribution in [3.63, 3.8) is 0 Å². The van der Waals surface area contributed by atoms with E-state index in [9.17, 15) is 14.4 Å². The van der Waals surface area contributed by atoms with E-state index in [2.05, 4.69) is 0 Å². The van der Waals surface area contributed by atoms with Crippen molar-refractivity contribution in [3.05, 3.63) is 24.2 Å². The van der Waals surface area contributed by atoms with Crippen molar-refractivity contribution >= 4 is 17.9 Å². The van der Waals surface area contributed by atoms with Crippen LogP contribution in [-0.4, -0.2) is 71.4 Å². The monoisotopic (exact) mass is 349 g/mol. The van der Waals surface area contributed by atoms with Crippen molar-refractivity contribution in [1.82, 2.24) is 14.7 Å². The Balaban J connectivity index is 1.59. The lowest BCUT2D eigenvalue weighted by Crippen LogP contribution is -2.55. The zero-order valence-corrected chi connectivity index (χ0v) is 14.3. The highest BCUT2D eigenvalue weighted by molar-refractivity contribution is 5.91. The topological polar surface area (TPSA) is 83.3 Å².